The average molecular weight is 374 g/mol. The number of halogens is 1. The van der Waals surface area contributed by atoms with Crippen LogP contribution in [-0.2, 0) is 5.75 Å². The summed E-state index contributed by atoms with van der Waals surface area (Å²) in [6.07, 6.45) is 1.79. The minimum absolute atomic E-state index is 0.00441. The highest BCUT2D eigenvalue weighted by Crippen LogP contribution is 2.31. The van der Waals surface area contributed by atoms with Gasteiger partial charge in [0, 0.05) is 33.5 Å². The third kappa shape index (κ3) is 5.10. The van der Waals surface area contributed by atoms with Crippen LogP contribution in [0.25, 0.3) is 0 Å². The van der Waals surface area contributed by atoms with Gasteiger partial charge >= 0.3 is 0 Å². The van der Waals surface area contributed by atoms with E-state index < -0.39 is 0 Å². The molecule has 0 amide bonds. The van der Waals surface area contributed by atoms with Crippen LogP contribution in [0.4, 0.5) is 0 Å². The molecule has 2 atom stereocenters. The maximum Gasteiger partial charge on any atom is 0.166 e. The van der Waals surface area contributed by atoms with Gasteiger partial charge in [0.05, 0.1) is 0 Å². The van der Waals surface area contributed by atoms with E-state index in [2.05, 4.69) is 36.5 Å². The number of carbonyl (C=O) groups is 1. The molecule has 1 aliphatic rings. The van der Waals surface area contributed by atoms with Crippen LogP contribution in [0.15, 0.2) is 54.6 Å². The Morgan fingerprint density at radius 1 is 1.20 bits per heavy atom. The first-order valence-electron chi connectivity index (χ1n) is 8.72. The van der Waals surface area contributed by atoms with Crippen molar-refractivity contribution < 1.29 is 4.79 Å². The van der Waals surface area contributed by atoms with E-state index in [1.165, 1.54) is 5.56 Å². The predicted octanol–water partition coefficient (Wildman–Crippen LogP) is 5.21. The molecule has 2 aromatic carbocycles. The van der Waals surface area contributed by atoms with Gasteiger partial charge in [-0.15, -0.1) is 0 Å². The first kappa shape index (κ1) is 18.5. The molecule has 0 spiro atoms. The summed E-state index contributed by atoms with van der Waals surface area (Å²) in [5.74, 6) is 2.35. The second kappa shape index (κ2) is 8.39. The molecule has 1 saturated heterocycles. The van der Waals surface area contributed by atoms with E-state index >= 15 is 0 Å². The van der Waals surface area contributed by atoms with E-state index in [0.717, 1.165) is 36.5 Å². The van der Waals surface area contributed by atoms with Gasteiger partial charge in [-0.2, -0.15) is 11.8 Å². The zero-order chi connectivity index (χ0) is 17.7. The van der Waals surface area contributed by atoms with Crippen LogP contribution in [-0.4, -0.2) is 23.6 Å². The van der Waals surface area contributed by atoms with Crippen LogP contribution in [0.5, 0.6) is 0 Å². The van der Waals surface area contributed by atoms with Crippen LogP contribution >= 0.6 is 23.4 Å². The number of ketones is 1. The number of nitrogens with one attached hydrogen (secondary N) is 1. The molecule has 1 fully saturated rings. The van der Waals surface area contributed by atoms with Gasteiger partial charge in [0.2, 0.25) is 0 Å². The molecule has 0 aliphatic carbocycles. The monoisotopic (exact) mass is 373 g/mol. The van der Waals surface area contributed by atoms with Gasteiger partial charge in [0.25, 0.3) is 0 Å². The van der Waals surface area contributed by atoms with Gasteiger partial charge in [-0.3, -0.25) is 4.79 Å². The second-order valence-corrected chi connectivity index (χ2v) is 8.45. The van der Waals surface area contributed by atoms with Crippen molar-refractivity contribution in [3.05, 3.63) is 70.7 Å². The lowest BCUT2D eigenvalue weighted by atomic mass is 9.80. The molecular weight excluding hydrogens is 350 g/mol. The number of piperidine rings is 1. The molecule has 0 saturated carbocycles. The number of thioether (sulfide) groups is 1. The highest BCUT2D eigenvalue weighted by molar-refractivity contribution is 7.98. The minimum Gasteiger partial charge on any atom is -0.311 e. The van der Waals surface area contributed by atoms with Crippen LogP contribution in [0.3, 0.4) is 0 Å². The first-order chi connectivity index (χ1) is 12.1. The Labute approximate surface area is 159 Å². The normalized spacial score (nSPS) is 23.4. The maximum absolute atomic E-state index is 12.8. The zero-order valence-corrected chi connectivity index (χ0v) is 16.1. The Hall–Kier alpha value is -1.29. The summed E-state index contributed by atoms with van der Waals surface area (Å²) in [6.45, 7) is 3.14. The van der Waals surface area contributed by atoms with E-state index in [-0.39, 0.29) is 17.2 Å². The molecule has 1 heterocycles. The molecule has 2 aromatic rings. The van der Waals surface area contributed by atoms with Crippen molar-refractivity contribution in [1.82, 2.24) is 5.32 Å². The number of hydrogen-bond donors (Lipinski definition) is 1. The SMILES string of the molecule is CC1(CSCc2ccccc2)CC(C(=O)c2ccc(Cl)cc2)CCN1. The van der Waals surface area contributed by atoms with Crippen LogP contribution in [0.1, 0.15) is 35.7 Å². The Kier molecular flexibility index (Phi) is 6.21. The van der Waals surface area contributed by atoms with Crippen molar-refractivity contribution in [3.63, 3.8) is 0 Å². The van der Waals surface area contributed by atoms with Crippen molar-refractivity contribution in [1.29, 1.82) is 0 Å². The lowest BCUT2D eigenvalue weighted by molar-refractivity contribution is 0.0853. The maximum atomic E-state index is 12.8. The number of Topliss-reactive ketones (excluding diaryl/α,β-unsaturated/α-hetero) is 1. The quantitative estimate of drug-likeness (QED) is 0.704. The molecule has 3 rings (SSSR count). The van der Waals surface area contributed by atoms with E-state index in [9.17, 15) is 4.79 Å². The Morgan fingerprint density at radius 2 is 1.92 bits per heavy atom. The predicted molar refractivity (Wildman–Crippen MR) is 108 cm³/mol. The van der Waals surface area contributed by atoms with Crippen molar-refractivity contribution in [3.8, 4) is 0 Å². The lowest BCUT2D eigenvalue weighted by Gasteiger charge is -2.38. The largest absolute Gasteiger partial charge is 0.311 e. The topological polar surface area (TPSA) is 29.1 Å². The van der Waals surface area contributed by atoms with Crippen LogP contribution < -0.4 is 5.32 Å². The van der Waals surface area contributed by atoms with E-state index in [0.29, 0.717) is 5.02 Å². The number of rotatable bonds is 6. The first-order valence-corrected chi connectivity index (χ1v) is 10.3. The van der Waals surface area contributed by atoms with Crippen molar-refractivity contribution in [2.75, 3.05) is 12.3 Å². The molecule has 1 aliphatic heterocycles. The van der Waals surface area contributed by atoms with Crippen molar-refractivity contribution in [2.24, 2.45) is 5.92 Å². The summed E-state index contributed by atoms with van der Waals surface area (Å²) in [6, 6.07) is 17.8. The van der Waals surface area contributed by atoms with Crippen molar-refractivity contribution in [2.45, 2.75) is 31.1 Å². The third-order valence-electron chi connectivity index (χ3n) is 4.77. The standard InChI is InChI=1S/C21H24ClNOS/c1-21(15-25-14-16-5-3-2-4-6-16)13-18(11-12-23-21)20(24)17-7-9-19(22)10-8-17/h2-10,18,23H,11-15H2,1H3. The Balaban J connectivity index is 1.57. The summed E-state index contributed by atoms with van der Waals surface area (Å²) in [5, 5.41) is 4.30. The van der Waals surface area contributed by atoms with Gasteiger partial charge in [-0.1, -0.05) is 41.9 Å². The van der Waals surface area contributed by atoms with Crippen LogP contribution in [0, 0.1) is 5.92 Å². The fraction of sp³-hybridized carbons (Fsp3) is 0.381. The van der Waals surface area contributed by atoms with Gasteiger partial charge in [0.15, 0.2) is 5.78 Å². The highest BCUT2D eigenvalue weighted by Gasteiger charge is 2.35. The molecule has 0 aromatic heterocycles. The summed E-state index contributed by atoms with van der Waals surface area (Å²) in [7, 11) is 0. The summed E-state index contributed by atoms with van der Waals surface area (Å²) in [5.41, 5.74) is 2.13. The Bertz CT molecular complexity index is 704. The van der Waals surface area contributed by atoms with Gasteiger partial charge in [-0.25, -0.2) is 0 Å². The number of carbonyl (C=O) groups excluding carboxylic acids is 1. The molecule has 132 valence electrons. The van der Waals surface area contributed by atoms with E-state index in [1.54, 1.807) is 12.1 Å². The fourth-order valence-corrected chi connectivity index (χ4v) is 4.74. The molecule has 4 heteroatoms. The lowest BCUT2D eigenvalue weighted by Crippen LogP contribution is -2.52. The van der Waals surface area contributed by atoms with Gasteiger partial charge in [-0.05, 0) is 56.1 Å². The van der Waals surface area contributed by atoms with Gasteiger partial charge < -0.3 is 5.32 Å². The van der Waals surface area contributed by atoms with Gasteiger partial charge in [0.1, 0.15) is 0 Å². The third-order valence-corrected chi connectivity index (χ3v) is 6.40. The molecule has 1 N–H and O–H groups in total. The second-order valence-electron chi connectivity index (χ2n) is 7.03. The molecule has 25 heavy (non-hydrogen) atoms. The summed E-state index contributed by atoms with van der Waals surface area (Å²) in [4.78, 5) is 12.8. The molecule has 0 bridgehead atoms. The Morgan fingerprint density at radius 3 is 2.64 bits per heavy atom. The van der Waals surface area contributed by atoms with Crippen molar-refractivity contribution >= 4 is 29.1 Å². The smallest absolute Gasteiger partial charge is 0.166 e. The summed E-state index contributed by atoms with van der Waals surface area (Å²) >= 11 is 7.86. The number of benzene rings is 2. The average Bonchev–Trinajstić information content (AvgIpc) is 2.62. The van der Waals surface area contributed by atoms with E-state index in [4.69, 9.17) is 11.6 Å². The van der Waals surface area contributed by atoms with E-state index in [1.807, 2.05) is 30.0 Å². The number of hydrogen-bond acceptors (Lipinski definition) is 3. The summed E-state index contributed by atoms with van der Waals surface area (Å²) < 4.78 is 0. The minimum atomic E-state index is 0.00441. The fourth-order valence-electron chi connectivity index (χ4n) is 3.42. The molecular formula is C21H24ClNOS. The molecule has 0 radical (unpaired) electrons. The van der Waals surface area contributed by atoms with Crippen LogP contribution in [0.2, 0.25) is 5.02 Å². The highest BCUT2D eigenvalue weighted by atomic mass is 35.5. The zero-order valence-electron chi connectivity index (χ0n) is 14.5. The molecule has 2 nitrogen and oxygen atoms in total. The molecule has 2 unspecified atom stereocenters.